The molecule has 46 heavy (non-hydrogen) atoms. The van der Waals surface area contributed by atoms with Gasteiger partial charge in [0, 0.05) is 67.1 Å². The number of ketones is 1. The maximum atomic E-state index is 13.3. The third kappa shape index (κ3) is 5.58. The molecule has 1 N–H and O–H groups in total. The number of hydrogen-bond donors (Lipinski definition) is 1. The zero-order valence-corrected chi connectivity index (χ0v) is 25.7. The van der Waals surface area contributed by atoms with Crippen molar-refractivity contribution in [1.82, 2.24) is 29.5 Å². The summed E-state index contributed by atoms with van der Waals surface area (Å²) in [5.74, 6) is -0.0483. The first kappa shape index (κ1) is 29.2. The Labute approximate surface area is 265 Å². The molecule has 0 aliphatic carbocycles. The van der Waals surface area contributed by atoms with Crippen molar-refractivity contribution in [3.8, 4) is 11.3 Å². The van der Waals surface area contributed by atoms with E-state index < -0.39 is 11.6 Å². The zero-order valence-electron chi connectivity index (χ0n) is 25.7. The minimum absolute atomic E-state index is 0.0361. The number of carbonyl (C=O) groups is 1. The van der Waals surface area contributed by atoms with E-state index in [4.69, 9.17) is 15.0 Å². The van der Waals surface area contributed by atoms with Crippen LogP contribution in [-0.2, 0) is 30.7 Å². The predicted octanol–water partition coefficient (Wildman–Crippen LogP) is 6.63. The van der Waals surface area contributed by atoms with Crippen LogP contribution in [0.25, 0.3) is 27.7 Å². The molecule has 0 atom stereocenters. The molecule has 0 spiro atoms. The molecule has 10 heteroatoms. The number of nitrogens with zero attached hydrogens (tertiary/aromatic N) is 7. The average molecular weight is 613 g/mol. The van der Waals surface area contributed by atoms with Gasteiger partial charge in [0.05, 0.1) is 11.9 Å². The van der Waals surface area contributed by atoms with E-state index in [0.29, 0.717) is 25.0 Å². The summed E-state index contributed by atoms with van der Waals surface area (Å²) in [5, 5.41) is 10.1. The highest BCUT2D eigenvalue weighted by Gasteiger charge is 2.23. The van der Waals surface area contributed by atoms with E-state index in [-0.39, 0.29) is 12.3 Å². The maximum absolute atomic E-state index is 13.3. The van der Waals surface area contributed by atoms with E-state index in [1.165, 1.54) is 5.56 Å². The third-order valence-electron chi connectivity index (χ3n) is 8.46. The van der Waals surface area contributed by atoms with Gasteiger partial charge in [-0.3, -0.25) is 14.8 Å². The Hall–Kier alpha value is -5.51. The minimum atomic E-state index is -0.931. The summed E-state index contributed by atoms with van der Waals surface area (Å²) in [4.78, 5) is 33.4. The van der Waals surface area contributed by atoms with Crippen molar-refractivity contribution in [2.24, 2.45) is 0 Å². The fraction of sp³-hybridized carbons (Fsp3) is 0.222. The van der Waals surface area contributed by atoms with E-state index in [1.54, 1.807) is 10.7 Å². The quantitative estimate of drug-likeness (QED) is 0.182. The number of anilines is 2. The standard InChI is InChI=1S/C36H33FN8O/c1-22(2)30-20-41-45-34(30)42-36(44-16-13-31-27(21-44)8-6-14-38-31)43-35(45)40-19-26-7-4-5-9-28(26)33-29-11-10-24(18-32(46)23(3)37)17-25(29)12-15-39-33/h4-12,14-15,17,20,22H,3,13,16,18-19,21H2,1-2H3,(H,40,42,43). The van der Waals surface area contributed by atoms with Crippen LogP contribution in [0.2, 0.25) is 0 Å². The van der Waals surface area contributed by atoms with E-state index in [0.717, 1.165) is 63.0 Å². The number of pyridine rings is 2. The number of aromatic nitrogens is 6. The van der Waals surface area contributed by atoms with E-state index in [2.05, 4.69) is 52.9 Å². The van der Waals surface area contributed by atoms with Crippen molar-refractivity contribution >= 4 is 34.1 Å². The number of Topliss-reactive ketones (excluding diaryl/α,β-unsaturated/α-hetero) is 1. The van der Waals surface area contributed by atoms with Gasteiger partial charge in [-0.15, -0.1) is 0 Å². The molecule has 4 aromatic heterocycles. The van der Waals surface area contributed by atoms with E-state index in [9.17, 15) is 9.18 Å². The highest BCUT2D eigenvalue weighted by atomic mass is 19.1. The molecule has 0 unspecified atom stereocenters. The lowest BCUT2D eigenvalue weighted by atomic mass is 9.97. The van der Waals surface area contributed by atoms with Crippen LogP contribution in [0.4, 0.5) is 16.3 Å². The van der Waals surface area contributed by atoms with Gasteiger partial charge >= 0.3 is 0 Å². The molecule has 0 amide bonds. The lowest BCUT2D eigenvalue weighted by Crippen LogP contribution is -2.32. The summed E-state index contributed by atoms with van der Waals surface area (Å²) in [5.41, 5.74) is 7.69. The van der Waals surface area contributed by atoms with Gasteiger partial charge in [0.25, 0.3) is 0 Å². The first-order valence-corrected chi connectivity index (χ1v) is 15.4. The summed E-state index contributed by atoms with van der Waals surface area (Å²) in [6, 6.07) is 19.8. The number of benzene rings is 2. The Kier molecular flexibility index (Phi) is 7.69. The Balaban J connectivity index is 1.22. The summed E-state index contributed by atoms with van der Waals surface area (Å²) < 4.78 is 15.1. The van der Waals surface area contributed by atoms with Crippen LogP contribution in [0.1, 0.15) is 47.7 Å². The van der Waals surface area contributed by atoms with Gasteiger partial charge in [-0.1, -0.05) is 69.0 Å². The van der Waals surface area contributed by atoms with Gasteiger partial charge in [-0.25, -0.2) is 4.39 Å². The highest BCUT2D eigenvalue weighted by molar-refractivity contribution is 5.98. The van der Waals surface area contributed by atoms with Gasteiger partial charge in [0.2, 0.25) is 11.9 Å². The van der Waals surface area contributed by atoms with Crippen molar-refractivity contribution in [2.45, 2.75) is 45.7 Å². The summed E-state index contributed by atoms with van der Waals surface area (Å²) in [7, 11) is 0. The molecule has 0 radical (unpaired) electrons. The zero-order chi connectivity index (χ0) is 31.8. The molecule has 2 aromatic carbocycles. The first-order chi connectivity index (χ1) is 22.4. The van der Waals surface area contributed by atoms with Crippen LogP contribution in [0.15, 0.2) is 91.7 Å². The summed E-state index contributed by atoms with van der Waals surface area (Å²) >= 11 is 0. The number of rotatable bonds is 9. The van der Waals surface area contributed by atoms with Gasteiger partial charge in [0.15, 0.2) is 17.3 Å². The number of hydrogen-bond acceptors (Lipinski definition) is 8. The second-order valence-electron chi connectivity index (χ2n) is 11.8. The van der Waals surface area contributed by atoms with Crippen LogP contribution in [0.3, 0.4) is 0 Å². The lowest BCUT2D eigenvalue weighted by Gasteiger charge is -2.28. The number of fused-ring (bicyclic) bond motifs is 3. The molecular formula is C36H33FN8O. The number of allylic oxidation sites excluding steroid dienone is 1. The summed E-state index contributed by atoms with van der Waals surface area (Å²) in [6.07, 6.45) is 6.27. The fourth-order valence-electron chi connectivity index (χ4n) is 6.00. The molecule has 0 saturated heterocycles. The molecule has 5 heterocycles. The normalized spacial score (nSPS) is 12.9. The topological polar surface area (TPSA) is 101 Å². The fourth-order valence-corrected chi connectivity index (χ4v) is 6.00. The molecule has 0 bridgehead atoms. The largest absolute Gasteiger partial charge is 0.350 e. The van der Waals surface area contributed by atoms with Crippen molar-refractivity contribution in [3.63, 3.8) is 0 Å². The van der Waals surface area contributed by atoms with Crippen LogP contribution in [0.5, 0.6) is 0 Å². The Morgan fingerprint density at radius 2 is 1.91 bits per heavy atom. The molecular weight excluding hydrogens is 579 g/mol. The van der Waals surface area contributed by atoms with Gasteiger partial charge in [0.1, 0.15) is 0 Å². The Bertz CT molecular complexity index is 2120. The Morgan fingerprint density at radius 1 is 1.04 bits per heavy atom. The van der Waals surface area contributed by atoms with E-state index in [1.807, 2.05) is 60.9 Å². The van der Waals surface area contributed by atoms with Crippen molar-refractivity contribution < 1.29 is 9.18 Å². The predicted molar refractivity (Wildman–Crippen MR) is 177 cm³/mol. The van der Waals surface area contributed by atoms with Crippen LogP contribution < -0.4 is 10.2 Å². The number of nitrogens with one attached hydrogen (secondary N) is 1. The molecule has 1 aliphatic rings. The highest BCUT2D eigenvalue weighted by Crippen LogP contribution is 2.31. The molecule has 7 rings (SSSR count). The van der Waals surface area contributed by atoms with E-state index >= 15 is 0 Å². The smallest absolute Gasteiger partial charge is 0.231 e. The second kappa shape index (κ2) is 12.1. The number of halogens is 1. The van der Waals surface area contributed by atoms with Gasteiger partial charge in [-0.2, -0.15) is 19.6 Å². The van der Waals surface area contributed by atoms with Crippen molar-refractivity contribution in [2.75, 3.05) is 16.8 Å². The van der Waals surface area contributed by atoms with Crippen LogP contribution >= 0.6 is 0 Å². The second-order valence-corrected chi connectivity index (χ2v) is 11.8. The number of carbonyl (C=O) groups excluding carboxylic acids is 1. The molecule has 0 fully saturated rings. The monoisotopic (exact) mass is 612 g/mol. The van der Waals surface area contributed by atoms with Crippen LogP contribution in [-0.4, -0.2) is 41.9 Å². The van der Waals surface area contributed by atoms with Gasteiger partial charge < -0.3 is 10.2 Å². The molecule has 230 valence electrons. The average Bonchev–Trinajstić information content (AvgIpc) is 3.51. The van der Waals surface area contributed by atoms with Crippen LogP contribution in [0, 0.1) is 0 Å². The maximum Gasteiger partial charge on any atom is 0.231 e. The molecule has 6 aromatic rings. The molecule has 0 saturated carbocycles. The SMILES string of the molecule is C=C(F)C(=O)Cc1ccc2c(-c3ccccc3CNc3nc(N4CCc5ncccc5C4)nc4c(C(C)C)cnn34)nccc2c1. The minimum Gasteiger partial charge on any atom is -0.350 e. The van der Waals surface area contributed by atoms with Crippen molar-refractivity contribution in [3.05, 3.63) is 120 Å². The van der Waals surface area contributed by atoms with Gasteiger partial charge in [-0.05, 0) is 40.1 Å². The Morgan fingerprint density at radius 3 is 2.76 bits per heavy atom. The molecule has 1 aliphatic heterocycles. The third-order valence-corrected chi connectivity index (χ3v) is 8.46. The first-order valence-electron chi connectivity index (χ1n) is 15.4. The summed E-state index contributed by atoms with van der Waals surface area (Å²) in [6.45, 7) is 9.34. The molecule has 9 nitrogen and oxygen atoms in total. The lowest BCUT2D eigenvalue weighted by molar-refractivity contribution is -0.116. The van der Waals surface area contributed by atoms with Crippen molar-refractivity contribution in [1.29, 1.82) is 0 Å².